The van der Waals surface area contributed by atoms with Crippen molar-refractivity contribution >= 4 is 24.5 Å². The van der Waals surface area contributed by atoms with Crippen LogP contribution in [-0.2, 0) is 11.3 Å². The van der Waals surface area contributed by atoms with Crippen LogP contribution in [0.5, 0.6) is 0 Å². The first-order chi connectivity index (χ1) is 18.6. The SMILES string of the molecule is CCCC[C@@H](N(C(=O)OCc1ccccc1)[C@@H](CO)c1ccccc1)[Sn]([CH2]CCC)([CH2]CCC)[CH2]CCC. The molecule has 0 aliphatic rings. The Morgan fingerprint density at radius 2 is 1.29 bits per heavy atom. The first-order valence-corrected chi connectivity index (χ1v) is 22.9. The molecule has 0 unspecified atom stereocenters. The fraction of sp³-hybridized carbons (Fsp3) is 0.606. The summed E-state index contributed by atoms with van der Waals surface area (Å²) in [4.78, 5) is 16.2. The van der Waals surface area contributed by atoms with Crippen molar-refractivity contribution < 1.29 is 14.6 Å². The first kappa shape index (κ1) is 32.7. The fourth-order valence-electron chi connectivity index (χ4n) is 5.89. The summed E-state index contributed by atoms with van der Waals surface area (Å²) in [7, 11) is 0. The van der Waals surface area contributed by atoms with Gasteiger partial charge in [-0.15, -0.1) is 0 Å². The Labute approximate surface area is 237 Å². The van der Waals surface area contributed by atoms with Crippen LogP contribution in [0, 0.1) is 0 Å². The first-order valence-electron chi connectivity index (χ1n) is 15.2. The van der Waals surface area contributed by atoms with Crippen LogP contribution in [0.2, 0.25) is 13.3 Å². The number of carbonyl (C=O) groups is 1. The van der Waals surface area contributed by atoms with Crippen LogP contribution < -0.4 is 0 Å². The summed E-state index contributed by atoms with van der Waals surface area (Å²) in [6.45, 7) is 9.30. The predicted octanol–water partition coefficient (Wildman–Crippen LogP) is 9.31. The number of aliphatic hydroxyl groups excluding tert-OH is 1. The van der Waals surface area contributed by atoms with Crippen LogP contribution in [0.3, 0.4) is 0 Å². The van der Waals surface area contributed by atoms with Crippen molar-refractivity contribution in [3.63, 3.8) is 0 Å². The number of amides is 1. The van der Waals surface area contributed by atoms with Crippen LogP contribution in [0.15, 0.2) is 60.7 Å². The fourth-order valence-corrected chi connectivity index (χ4v) is 24.8. The van der Waals surface area contributed by atoms with E-state index < -0.39 is 18.4 Å². The molecular formula is C33H53NO3Sn. The summed E-state index contributed by atoms with van der Waals surface area (Å²) in [5.41, 5.74) is 1.98. The third-order valence-corrected chi connectivity index (χ3v) is 25.3. The molecule has 0 saturated heterocycles. The Hall–Kier alpha value is -1.53. The molecule has 2 rings (SSSR count). The van der Waals surface area contributed by atoms with Gasteiger partial charge < -0.3 is 0 Å². The van der Waals surface area contributed by atoms with E-state index in [1.165, 1.54) is 51.8 Å². The van der Waals surface area contributed by atoms with E-state index in [0.29, 0.717) is 0 Å². The van der Waals surface area contributed by atoms with Crippen molar-refractivity contribution in [3.8, 4) is 0 Å². The number of unbranched alkanes of at least 4 members (excludes halogenated alkanes) is 4. The number of benzene rings is 2. The summed E-state index contributed by atoms with van der Waals surface area (Å²) in [5.74, 6) is 0. The summed E-state index contributed by atoms with van der Waals surface area (Å²) < 4.78 is 10.2. The number of nitrogens with zero attached hydrogens (tertiary/aromatic N) is 1. The Morgan fingerprint density at radius 3 is 1.76 bits per heavy atom. The Morgan fingerprint density at radius 1 is 0.789 bits per heavy atom. The van der Waals surface area contributed by atoms with Crippen LogP contribution in [-0.4, -0.2) is 45.1 Å². The average molecular weight is 631 g/mol. The third kappa shape index (κ3) is 9.89. The van der Waals surface area contributed by atoms with Gasteiger partial charge in [0.25, 0.3) is 0 Å². The predicted molar refractivity (Wildman–Crippen MR) is 163 cm³/mol. The van der Waals surface area contributed by atoms with Crippen LogP contribution in [0.4, 0.5) is 4.79 Å². The molecule has 2 atom stereocenters. The summed E-state index contributed by atoms with van der Waals surface area (Å²) >= 11 is -2.96. The van der Waals surface area contributed by atoms with E-state index in [9.17, 15) is 9.90 Å². The maximum absolute atomic E-state index is 14.2. The third-order valence-electron chi connectivity index (χ3n) is 8.07. The second kappa shape index (κ2) is 18.7. The minimum absolute atomic E-state index is 0.0929. The standard InChI is InChI=1S/C21H26NO3.3C4H9.Sn/c1-2-3-10-15-22(20(16-23)19-13-8-5-9-14-19)21(24)25-17-18-11-6-4-7-12-18;3*1-3-4-2;/h4-9,11-15,20,23H,2-3,10,16-17H2,1H3;3*1,3-4H2,2H3;/t20-;;;;/m0..../s1. The summed E-state index contributed by atoms with van der Waals surface area (Å²) in [6, 6.07) is 19.7. The maximum atomic E-state index is 14.2. The van der Waals surface area contributed by atoms with Gasteiger partial charge in [0.1, 0.15) is 0 Å². The molecule has 0 radical (unpaired) electrons. The van der Waals surface area contributed by atoms with Crippen molar-refractivity contribution in [1.82, 2.24) is 4.90 Å². The van der Waals surface area contributed by atoms with Crippen molar-refractivity contribution in [3.05, 3.63) is 71.8 Å². The van der Waals surface area contributed by atoms with E-state index in [2.05, 4.69) is 44.7 Å². The number of hydrogen-bond donors (Lipinski definition) is 1. The minimum atomic E-state index is -2.96. The molecule has 0 aliphatic heterocycles. The molecule has 0 aromatic heterocycles. The molecule has 2 aromatic rings. The number of rotatable bonds is 19. The Balaban J connectivity index is 2.61. The van der Waals surface area contributed by atoms with Gasteiger partial charge in [0, 0.05) is 0 Å². The zero-order chi connectivity index (χ0) is 27.6. The monoisotopic (exact) mass is 631 g/mol. The molecule has 0 aliphatic carbocycles. The number of ether oxygens (including phenoxy) is 1. The van der Waals surface area contributed by atoms with Crippen LogP contribution in [0.25, 0.3) is 0 Å². The van der Waals surface area contributed by atoms with Gasteiger partial charge in [-0.25, -0.2) is 0 Å². The summed E-state index contributed by atoms with van der Waals surface area (Å²) in [6.07, 6.45) is 10.3. The van der Waals surface area contributed by atoms with E-state index in [-0.39, 0.29) is 29.4 Å². The molecule has 0 heterocycles. The van der Waals surface area contributed by atoms with E-state index in [1.54, 1.807) is 0 Å². The molecule has 1 N–H and O–H groups in total. The van der Waals surface area contributed by atoms with Crippen LogP contribution >= 0.6 is 0 Å². The molecular weight excluding hydrogens is 577 g/mol. The van der Waals surface area contributed by atoms with E-state index in [0.717, 1.165) is 30.4 Å². The second-order valence-corrected chi connectivity index (χ2v) is 24.8. The van der Waals surface area contributed by atoms with E-state index in [4.69, 9.17) is 4.74 Å². The number of carbonyl (C=O) groups excluding carboxylic acids is 1. The van der Waals surface area contributed by atoms with Crippen molar-refractivity contribution in [2.75, 3.05) is 6.61 Å². The molecule has 0 fully saturated rings. The van der Waals surface area contributed by atoms with E-state index in [1.807, 2.05) is 48.5 Å². The molecule has 38 heavy (non-hydrogen) atoms. The molecule has 1 amide bonds. The van der Waals surface area contributed by atoms with Crippen LogP contribution in [0.1, 0.15) is 103 Å². The molecule has 5 heteroatoms. The zero-order valence-electron chi connectivity index (χ0n) is 24.5. The van der Waals surface area contributed by atoms with Gasteiger partial charge in [-0.05, 0) is 0 Å². The van der Waals surface area contributed by atoms with Gasteiger partial charge in [0.15, 0.2) is 0 Å². The summed E-state index contributed by atoms with van der Waals surface area (Å²) in [5, 5.41) is 10.8. The topological polar surface area (TPSA) is 49.8 Å². The zero-order valence-corrected chi connectivity index (χ0v) is 27.4. The van der Waals surface area contributed by atoms with Gasteiger partial charge in [-0.2, -0.15) is 0 Å². The van der Waals surface area contributed by atoms with E-state index >= 15 is 0 Å². The molecule has 0 saturated carbocycles. The van der Waals surface area contributed by atoms with Gasteiger partial charge in [0.05, 0.1) is 0 Å². The van der Waals surface area contributed by atoms with Gasteiger partial charge in [-0.1, -0.05) is 0 Å². The average Bonchev–Trinajstić information content (AvgIpc) is 2.96. The molecule has 2 aromatic carbocycles. The molecule has 4 nitrogen and oxygen atoms in total. The molecule has 212 valence electrons. The molecule has 0 bridgehead atoms. The number of aliphatic hydroxyl groups is 1. The Kier molecular flexibility index (Phi) is 16.1. The van der Waals surface area contributed by atoms with Gasteiger partial charge in [-0.3, -0.25) is 0 Å². The molecule has 0 spiro atoms. The van der Waals surface area contributed by atoms with Gasteiger partial charge in [0.2, 0.25) is 0 Å². The van der Waals surface area contributed by atoms with Crippen molar-refractivity contribution in [2.24, 2.45) is 0 Å². The normalized spacial score (nSPS) is 13.2. The number of hydrogen-bond acceptors (Lipinski definition) is 3. The quantitative estimate of drug-likeness (QED) is 0.158. The Bertz CT molecular complexity index is 855. The van der Waals surface area contributed by atoms with Crippen molar-refractivity contribution in [2.45, 2.75) is 115 Å². The second-order valence-electron chi connectivity index (χ2n) is 10.9. The van der Waals surface area contributed by atoms with Gasteiger partial charge >= 0.3 is 238 Å². The van der Waals surface area contributed by atoms with Crippen molar-refractivity contribution in [1.29, 1.82) is 0 Å².